The molecule has 0 bridgehead atoms. The molecule has 0 radical (unpaired) electrons. The van der Waals surface area contributed by atoms with Gasteiger partial charge >= 0.3 is 12.2 Å². The summed E-state index contributed by atoms with van der Waals surface area (Å²) in [5.74, 6) is 1.38. The van der Waals surface area contributed by atoms with E-state index < -0.39 is 22.8 Å². The van der Waals surface area contributed by atoms with Gasteiger partial charge in [0, 0.05) is 31.5 Å². The maximum absolute atomic E-state index is 12.8. The zero-order chi connectivity index (χ0) is 29.3. The molecule has 0 saturated carbocycles. The van der Waals surface area contributed by atoms with Crippen LogP contribution in [0.5, 0.6) is 5.75 Å². The summed E-state index contributed by atoms with van der Waals surface area (Å²) in [7, 11) is 0. The summed E-state index contributed by atoms with van der Waals surface area (Å²) in [4.78, 5) is 27.1. The van der Waals surface area contributed by atoms with Gasteiger partial charge in [0.1, 0.15) is 23.6 Å². The van der Waals surface area contributed by atoms with Crippen molar-refractivity contribution in [1.82, 2.24) is 10.2 Å². The van der Waals surface area contributed by atoms with Crippen molar-refractivity contribution >= 4 is 17.8 Å². The van der Waals surface area contributed by atoms with E-state index in [-0.39, 0.29) is 6.09 Å². The first kappa shape index (κ1) is 28.8. The number of rotatable bonds is 4. The molecule has 0 aromatic heterocycles. The summed E-state index contributed by atoms with van der Waals surface area (Å²) in [6, 6.07) is 8.10. The summed E-state index contributed by atoms with van der Waals surface area (Å²) < 4.78 is 17.7. The van der Waals surface area contributed by atoms with Crippen LogP contribution in [0.4, 0.5) is 9.59 Å². The Morgan fingerprint density at radius 2 is 1.88 bits per heavy atom. The van der Waals surface area contributed by atoms with Crippen LogP contribution < -0.4 is 10.1 Å². The first-order valence-corrected chi connectivity index (χ1v) is 14.6. The number of allylic oxidation sites excluding steroid dienone is 5. The molecular weight excluding hydrogens is 516 g/mol. The van der Waals surface area contributed by atoms with E-state index >= 15 is 0 Å². The number of nitrogens with zero attached hydrogens (tertiary/aromatic N) is 1. The van der Waals surface area contributed by atoms with Crippen molar-refractivity contribution in [1.29, 1.82) is 0 Å². The average Bonchev–Trinajstić information content (AvgIpc) is 2.92. The Kier molecular flexibility index (Phi) is 7.91. The van der Waals surface area contributed by atoms with Crippen molar-refractivity contribution in [2.45, 2.75) is 77.0 Å². The summed E-state index contributed by atoms with van der Waals surface area (Å²) in [6.07, 6.45) is 17.1. The third-order valence-electron chi connectivity index (χ3n) is 7.99. The van der Waals surface area contributed by atoms with Crippen molar-refractivity contribution in [3.05, 3.63) is 83.5 Å². The van der Waals surface area contributed by atoms with Crippen LogP contribution in [0.3, 0.4) is 0 Å². The maximum atomic E-state index is 12.8. The fourth-order valence-electron chi connectivity index (χ4n) is 5.60. The number of benzene rings is 1. The smallest absolute Gasteiger partial charge is 0.410 e. The molecule has 7 nitrogen and oxygen atoms in total. The van der Waals surface area contributed by atoms with Crippen LogP contribution in [-0.2, 0) is 9.47 Å². The van der Waals surface area contributed by atoms with Crippen LogP contribution in [0.1, 0.15) is 65.9 Å². The summed E-state index contributed by atoms with van der Waals surface area (Å²) >= 11 is 0. The largest absolute Gasteiger partial charge is 0.482 e. The molecule has 1 aromatic rings. The minimum Gasteiger partial charge on any atom is -0.482 e. The normalized spacial score (nSPS) is 24.9. The quantitative estimate of drug-likeness (QED) is 0.426. The van der Waals surface area contributed by atoms with Gasteiger partial charge in [0.15, 0.2) is 0 Å². The fraction of sp³-hybridized carbons (Fsp3) is 0.471. The number of likely N-dealkylation sites (tertiary alicyclic amines) is 1. The van der Waals surface area contributed by atoms with E-state index in [9.17, 15) is 9.59 Å². The molecule has 5 rings (SSSR count). The highest BCUT2D eigenvalue weighted by Crippen LogP contribution is 2.44. The minimum absolute atomic E-state index is 0.275. The van der Waals surface area contributed by atoms with Crippen molar-refractivity contribution < 1.29 is 23.8 Å². The molecule has 218 valence electrons. The predicted molar refractivity (Wildman–Crippen MR) is 161 cm³/mol. The Hall–Kier alpha value is -3.74. The lowest BCUT2D eigenvalue weighted by Crippen LogP contribution is -2.50. The second-order valence-corrected chi connectivity index (χ2v) is 12.9. The Morgan fingerprint density at radius 3 is 2.54 bits per heavy atom. The monoisotopic (exact) mass is 558 g/mol. The minimum atomic E-state index is -0.555. The van der Waals surface area contributed by atoms with Gasteiger partial charge in [-0.2, -0.15) is 0 Å². The number of para-hydroxylation sites is 1. The van der Waals surface area contributed by atoms with Gasteiger partial charge in [-0.15, -0.1) is 0 Å². The predicted octanol–water partition coefficient (Wildman–Crippen LogP) is 7.13. The molecule has 2 aliphatic heterocycles. The summed E-state index contributed by atoms with van der Waals surface area (Å²) in [6.45, 7) is 11.2. The summed E-state index contributed by atoms with van der Waals surface area (Å²) in [5.41, 5.74) is 2.70. The Balaban J connectivity index is 1.26. The van der Waals surface area contributed by atoms with E-state index in [2.05, 4.69) is 54.8 Å². The number of piperidine rings is 1. The van der Waals surface area contributed by atoms with Crippen LogP contribution in [0, 0.1) is 5.92 Å². The Morgan fingerprint density at radius 1 is 1.12 bits per heavy atom. The van der Waals surface area contributed by atoms with Crippen LogP contribution in [-0.4, -0.2) is 53.5 Å². The number of amides is 2. The molecule has 7 heteroatoms. The number of fused-ring (bicyclic) bond motifs is 1. The molecule has 4 aliphatic rings. The number of carbonyl (C=O) groups is 2. The zero-order valence-electron chi connectivity index (χ0n) is 24.9. The third-order valence-corrected chi connectivity index (χ3v) is 7.99. The lowest BCUT2D eigenvalue weighted by Gasteiger charge is -2.43. The topological polar surface area (TPSA) is 77.1 Å². The molecule has 1 saturated heterocycles. The van der Waals surface area contributed by atoms with Crippen LogP contribution in [0.15, 0.2) is 77.9 Å². The first-order valence-electron chi connectivity index (χ1n) is 14.6. The molecule has 2 atom stereocenters. The number of alkyl carbamates (subject to hydrolysis) is 1. The van der Waals surface area contributed by atoms with Crippen molar-refractivity contribution in [3.63, 3.8) is 0 Å². The Bertz CT molecular complexity index is 1340. The number of hydrogen-bond acceptors (Lipinski definition) is 5. The van der Waals surface area contributed by atoms with E-state index in [4.69, 9.17) is 14.2 Å². The van der Waals surface area contributed by atoms with E-state index in [1.54, 1.807) is 4.90 Å². The number of nitrogens with one attached hydrogen (secondary N) is 1. The van der Waals surface area contributed by atoms with E-state index in [0.29, 0.717) is 44.9 Å². The van der Waals surface area contributed by atoms with Crippen LogP contribution >= 0.6 is 0 Å². The molecule has 1 N–H and O–H groups in total. The lowest BCUT2D eigenvalue weighted by atomic mass is 9.80. The molecular formula is C34H42N2O5. The van der Waals surface area contributed by atoms with Gasteiger partial charge in [0.2, 0.25) is 0 Å². The second-order valence-electron chi connectivity index (χ2n) is 12.9. The molecule has 2 heterocycles. The van der Waals surface area contributed by atoms with Gasteiger partial charge in [-0.1, -0.05) is 61.6 Å². The van der Waals surface area contributed by atoms with Gasteiger partial charge < -0.3 is 24.4 Å². The van der Waals surface area contributed by atoms with E-state index in [1.807, 2.05) is 52.0 Å². The molecule has 2 unspecified atom stereocenters. The first-order chi connectivity index (χ1) is 19.4. The van der Waals surface area contributed by atoms with Crippen molar-refractivity contribution in [2.24, 2.45) is 5.92 Å². The van der Waals surface area contributed by atoms with Crippen molar-refractivity contribution in [3.8, 4) is 5.75 Å². The van der Waals surface area contributed by atoms with Gasteiger partial charge in [0.05, 0.1) is 5.54 Å². The Labute approximate surface area is 243 Å². The molecule has 41 heavy (non-hydrogen) atoms. The lowest BCUT2D eigenvalue weighted by molar-refractivity contribution is 0.0324. The van der Waals surface area contributed by atoms with Gasteiger partial charge in [-0.25, -0.2) is 9.59 Å². The zero-order valence-corrected chi connectivity index (χ0v) is 24.9. The SMILES string of the molecule is CC1C=CC(COC(=O)N2CCC3(C=C(C4=CCC(C)(NC(=O)OC(C)(C)C)C=C4)c4ccccc4O3)CC2)=CC1. The third kappa shape index (κ3) is 6.95. The maximum Gasteiger partial charge on any atom is 0.410 e. The van der Waals surface area contributed by atoms with Gasteiger partial charge in [-0.05, 0) is 75.3 Å². The standard InChI is InChI=1S/C34H42N2O5/c1-24-10-12-25(13-11-24)23-39-31(38)36-20-18-34(19-21-36)22-28(27-8-6-7-9-29(27)40-34)26-14-16-33(5,17-15-26)35-30(37)41-32(2,3)4/h6-10,12-16,22,24H,11,17-21,23H2,1-5H3,(H,35,37). The molecule has 1 spiro atoms. The number of carbonyl (C=O) groups excluding carboxylic acids is 2. The molecule has 2 amide bonds. The number of ether oxygens (including phenoxy) is 3. The molecule has 1 aromatic carbocycles. The van der Waals surface area contributed by atoms with Crippen molar-refractivity contribution in [2.75, 3.05) is 19.7 Å². The van der Waals surface area contributed by atoms with E-state index in [1.165, 1.54) is 0 Å². The second kappa shape index (κ2) is 11.3. The molecule has 2 aliphatic carbocycles. The fourth-order valence-corrected chi connectivity index (χ4v) is 5.60. The van der Waals surface area contributed by atoms with E-state index in [0.717, 1.165) is 34.5 Å². The number of hydrogen-bond donors (Lipinski definition) is 1. The highest BCUT2D eigenvalue weighted by atomic mass is 16.6. The van der Waals surface area contributed by atoms with Crippen LogP contribution in [0.2, 0.25) is 0 Å². The molecule has 1 fully saturated rings. The van der Waals surface area contributed by atoms with Gasteiger partial charge in [0.25, 0.3) is 0 Å². The summed E-state index contributed by atoms with van der Waals surface area (Å²) in [5, 5.41) is 3.01. The average molecular weight is 559 g/mol. The highest BCUT2D eigenvalue weighted by Gasteiger charge is 2.41. The van der Waals surface area contributed by atoms with Crippen LogP contribution in [0.25, 0.3) is 5.57 Å². The van der Waals surface area contributed by atoms with Gasteiger partial charge in [-0.3, -0.25) is 0 Å². The highest BCUT2D eigenvalue weighted by molar-refractivity contribution is 5.87.